The predicted octanol–water partition coefficient (Wildman–Crippen LogP) is 3.17. The van der Waals surface area contributed by atoms with E-state index in [1.165, 1.54) is 5.57 Å². The van der Waals surface area contributed by atoms with Crippen LogP contribution < -0.4 is 0 Å². The molecule has 2 rings (SSSR count). The summed E-state index contributed by atoms with van der Waals surface area (Å²) < 4.78 is 11.7. The van der Waals surface area contributed by atoms with E-state index in [0.717, 1.165) is 0 Å². The van der Waals surface area contributed by atoms with Gasteiger partial charge in [0.05, 0.1) is 13.2 Å². The second kappa shape index (κ2) is 5.15. The average molecular weight is 282 g/mol. The van der Waals surface area contributed by atoms with Crippen LogP contribution in [0.2, 0.25) is 18.1 Å². The number of carbonyl (C=O) groups excluding carboxylic acids is 1. The Hall–Kier alpha value is -0.453. The van der Waals surface area contributed by atoms with Crippen molar-refractivity contribution < 1.29 is 14.0 Å². The van der Waals surface area contributed by atoms with Gasteiger partial charge in [0.25, 0.3) is 0 Å². The number of Topliss-reactive ketones (excluding diaryl/α,β-unsaturated/α-hetero) is 1. The highest BCUT2D eigenvalue weighted by Crippen LogP contribution is 2.40. The van der Waals surface area contributed by atoms with Gasteiger partial charge in [-0.25, -0.2) is 0 Å². The molecule has 1 aliphatic heterocycles. The number of hydrogen-bond acceptors (Lipinski definition) is 3. The zero-order chi connectivity index (χ0) is 14.3. The monoisotopic (exact) mass is 282 g/mol. The summed E-state index contributed by atoms with van der Waals surface area (Å²) in [4.78, 5) is 12.1. The van der Waals surface area contributed by atoms with Crippen molar-refractivity contribution in [3.63, 3.8) is 0 Å². The largest absolute Gasteiger partial charge is 0.416 e. The molecule has 4 heteroatoms. The Morgan fingerprint density at radius 1 is 1.42 bits per heavy atom. The highest BCUT2D eigenvalue weighted by Gasteiger charge is 2.43. The summed E-state index contributed by atoms with van der Waals surface area (Å²) in [7, 11) is -1.77. The molecule has 0 aromatic rings. The van der Waals surface area contributed by atoms with Gasteiger partial charge in [0, 0.05) is 24.9 Å². The minimum atomic E-state index is -1.77. The van der Waals surface area contributed by atoms with Crippen LogP contribution >= 0.6 is 0 Å². The molecule has 2 aliphatic rings. The summed E-state index contributed by atoms with van der Waals surface area (Å²) in [5, 5.41) is 0.191. The highest BCUT2D eigenvalue weighted by molar-refractivity contribution is 6.74. The Morgan fingerprint density at radius 3 is 2.74 bits per heavy atom. The zero-order valence-corrected chi connectivity index (χ0v) is 13.8. The number of ether oxygens (including phenoxy) is 1. The molecule has 3 nitrogen and oxygen atoms in total. The van der Waals surface area contributed by atoms with Crippen LogP contribution in [0.25, 0.3) is 0 Å². The van der Waals surface area contributed by atoms with Gasteiger partial charge in [-0.2, -0.15) is 0 Å². The van der Waals surface area contributed by atoms with Crippen molar-refractivity contribution >= 4 is 14.1 Å². The van der Waals surface area contributed by atoms with Gasteiger partial charge in [-0.15, -0.1) is 0 Å². The molecule has 0 aromatic carbocycles. The normalized spacial score (nSPS) is 28.3. The van der Waals surface area contributed by atoms with Gasteiger partial charge in [-0.1, -0.05) is 32.4 Å². The van der Waals surface area contributed by atoms with Crippen molar-refractivity contribution in [2.75, 3.05) is 19.8 Å². The number of rotatable bonds is 3. The van der Waals surface area contributed by atoms with Crippen LogP contribution in [-0.2, 0) is 14.0 Å². The molecule has 108 valence electrons. The molecule has 0 spiro atoms. The summed E-state index contributed by atoms with van der Waals surface area (Å²) in [5.41, 5.74) is 1.28. The van der Waals surface area contributed by atoms with E-state index in [-0.39, 0.29) is 16.9 Å². The van der Waals surface area contributed by atoms with E-state index >= 15 is 0 Å². The van der Waals surface area contributed by atoms with Crippen LogP contribution in [0.5, 0.6) is 0 Å². The lowest BCUT2D eigenvalue weighted by atomic mass is 9.93. The van der Waals surface area contributed by atoms with Crippen LogP contribution in [0.1, 0.15) is 27.2 Å². The van der Waals surface area contributed by atoms with Gasteiger partial charge < -0.3 is 9.16 Å². The summed E-state index contributed by atoms with van der Waals surface area (Å²) in [6, 6.07) is 0. The minimum absolute atomic E-state index is 0.0145. The fourth-order valence-electron chi connectivity index (χ4n) is 2.48. The third-order valence-corrected chi connectivity index (χ3v) is 9.45. The second-order valence-electron chi connectivity index (χ2n) is 7.24. The molecule has 0 radical (unpaired) electrons. The Bertz CT molecular complexity index is 393. The number of fused-ring (bicyclic) bond motifs is 1. The molecule has 0 amide bonds. The van der Waals surface area contributed by atoms with Gasteiger partial charge in [0.1, 0.15) is 5.78 Å². The Balaban J connectivity index is 2.02. The lowest BCUT2D eigenvalue weighted by Crippen LogP contribution is -2.43. The molecule has 0 aromatic heterocycles. The maximum absolute atomic E-state index is 12.1. The molecule has 1 aliphatic carbocycles. The standard InChI is InChI=1S/C15H26O3Si/c1-15(2,3)19(4,5)18-10-13-12-9-17-7-6-11(12)8-14(13)16/h6,12-13H,7-10H2,1-5H3/t12-,13+/m1/s1. The second-order valence-corrected chi connectivity index (χ2v) is 12.1. The van der Waals surface area contributed by atoms with Crippen molar-refractivity contribution in [3.8, 4) is 0 Å². The van der Waals surface area contributed by atoms with E-state index in [9.17, 15) is 4.79 Å². The molecule has 2 atom stereocenters. The van der Waals surface area contributed by atoms with Gasteiger partial charge in [-0.3, -0.25) is 4.79 Å². The van der Waals surface area contributed by atoms with Crippen molar-refractivity contribution in [1.82, 2.24) is 0 Å². The first kappa shape index (κ1) is 14.9. The Morgan fingerprint density at radius 2 is 2.11 bits per heavy atom. The van der Waals surface area contributed by atoms with Crippen LogP contribution in [-0.4, -0.2) is 33.9 Å². The van der Waals surface area contributed by atoms with Crippen LogP contribution in [0.4, 0.5) is 0 Å². The smallest absolute Gasteiger partial charge is 0.192 e. The quantitative estimate of drug-likeness (QED) is 0.589. The molecular weight excluding hydrogens is 256 g/mol. The van der Waals surface area contributed by atoms with E-state index in [1.54, 1.807) is 0 Å². The van der Waals surface area contributed by atoms with Gasteiger partial charge in [0.2, 0.25) is 0 Å². The fraction of sp³-hybridized carbons (Fsp3) is 0.800. The molecule has 1 saturated carbocycles. The van der Waals surface area contributed by atoms with Crippen molar-refractivity contribution in [3.05, 3.63) is 11.6 Å². The highest BCUT2D eigenvalue weighted by atomic mass is 28.4. The zero-order valence-electron chi connectivity index (χ0n) is 12.8. The Kier molecular flexibility index (Phi) is 4.05. The first-order chi connectivity index (χ1) is 8.72. The molecule has 0 N–H and O–H groups in total. The fourth-order valence-corrected chi connectivity index (χ4v) is 3.51. The van der Waals surface area contributed by atoms with E-state index in [2.05, 4.69) is 39.9 Å². The number of ketones is 1. The maximum atomic E-state index is 12.1. The van der Waals surface area contributed by atoms with Crippen LogP contribution in [0, 0.1) is 11.8 Å². The van der Waals surface area contributed by atoms with Crippen LogP contribution in [0.3, 0.4) is 0 Å². The summed E-state index contributed by atoms with van der Waals surface area (Å²) in [6.45, 7) is 13.1. The first-order valence-electron chi connectivity index (χ1n) is 7.16. The third-order valence-electron chi connectivity index (χ3n) is 4.94. The van der Waals surface area contributed by atoms with Crippen molar-refractivity contribution in [1.29, 1.82) is 0 Å². The van der Waals surface area contributed by atoms with Crippen molar-refractivity contribution in [2.24, 2.45) is 11.8 Å². The lowest BCUT2D eigenvalue weighted by molar-refractivity contribution is -0.122. The van der Waals surface area contributed by atoms with E-state index in [4.69, 9.17) is 9.16 Å². The molecule has 1 heterocycles. The maximum Gasteiger partial charge on any atom is 0.192 e. The minimum Gasteiger partial charge on any atom is -0.416 e. The lowest BCUT2D eigenvalue weighted by Gasteiger charge is -2.37. The molecule has 0 bridgehead atoms. The van der Waals surface area contributed by atoms with E-state index in [1.807, 2.05) is 0 Å². The summed E-state index contributed by atoms with van der Waals surface area (Å²) >= 11 is 0. The summed E-state index contributed by atoms with van der Waals surface area (Å²) in [6.07, 6.45) is 2.69. The Labute approximate surface area is 117 Å². The van der Waals surface area contributed by atoms with Crippen molar-refractivity contribution in [2.45, 2.75) is 45.3 Å². The van der Waals surface area contributed by atoms with Gasteiger partial charge in [-0.05, 0) is 18.1 Å². The topological polar surface area (TPSA) is 35.5 Å². The van der Waals surface area contributed by atoms with E-state index < -0.39 is 8.32 Å². The number of carbonyl (C=O) groups is 1. The van der Waals surface area contributed by atoms with Gasteiger partial charge in [0.15, 0.2) is 8.32 Å². The molecular formula is C15H26O3Si. The average Bonchev–Trinajstić information content (AvgIpc) is 2.60. The SMILES string of the molecule is CC(C)(C)[Si](C)(C)OC[C@@H]1C(=O)CC2=CCOC[C@H]21. The molecule has 19 heavy (non-hydrogen) atoms. The summed E-state index contributed by atoms with van der Waals surface area (Å²) in [5.74, 6) is 0.618. The first-order valence-corrected chi connectivity index (χ1v) is 10.1. The van der Waals surface area contributed by atoms with Crippen LogP contribution in [0.15, 0.2) is 11.6 Å². The molecule has 0 unspecified atom stereocenters. The number of hydrogen-bond donors (Lipinski definition) is 0. The van der Waals surface area contributed by atoms with Gasteiger partial charge >= 0.3 is 0 Å². The molecule has 0 saturated heterocycles. The van der Waals surface area contributed by atoms with E-state index in [0.29, 0.717) is 32.0 Å². The third kappa shape index (κ3) is 3.01. The predicted molar refractivity (Wildman–Crippen MR) is 78.7 cm³/mol. The molecule has 1 fully saturated rings.